The quantitative estimate of drug-likeness (QED) is 0.429. The Labute approximate surface area is 232 Å². The van der Waals surface area contributed by atoms with E-state index in [0.717, 1.165) is 25.2 Å². The number of hydrogen-bond acceptors (Lipinski definition) is 8. The SMILES string of the molecule is O=C1CN(C(=O)c2ccc(OCCO)cc2Cl)c2ccccc2CN1Cc1nnc(CCN2CCCCC2)o1. The maximum Gasteiger partial charge on any atom is 0.260 e. The summed E-state index contributed by atoms with van der Waals surface area (Å²) in [6, 6.07) is 12.1. The van der Waals surface area contributed by atoms with Crippen molar-refractivity contribution in [2.24, 2.45) is 0 Å². The number of aliphatic hydroxyl groups is 1. The number of nitrogens with zero attached hydrogens (tertiary/aromatic N) is 5. The van der Waals surface area contributed by atoms with Crippen LogP contribution >= 0.6 is 11.6 Å². The molecule has 1 N–H and O–H groups in total. The number of ether oxygens (including phenoxy) is 1. The van der Waals surface area contributed by atoms with E-state index in [1.807, 2.05) is 24.3 Å². The second kappa shape index (κ2) is 12.6. The number of halogens is 1. The third kappa shape index (κ3) is 6.58. The van der Waals surface area contributed by atoms with Gasteiger partial charge in [0.05, 0.1) is 23.7 Å². The van der Waals surface area contributed by atoms with Crippen molar-refractivity contribution < 1.29 is 23.8 Å². The van der Waals surface area contributed by atoms with Crippen LogP contribution in [0.2, 0.25) is 5.02 Å². The number of aromatic nitrogens is 2. The van der Waals surface area contributed by atoms with Crippen molar-refractivity contribution in [3.63, 3.8) is 0 Å². The molecule has 5 rings (SSSR count). The number of carbonyl (C=O) groups excluding carboxylic acids is 2. The highest BCUT2D eigenvalue weighted by molar-refractivity contribution is 6.34. The summed E-state index contributed by atoms with van der Waals surface area (Å²) in [5, 5.41) is 17.5. The molecule has 206 valence electrons. The van der Waals surface area contributed by atoms with Gasteiger partial charge < -0.3 is 24.1 Å². The van der Waals surface area contributed by atoms with Gasteiger partial charge in [0.1, 0.15) is 18.9 Å². The molecule has 1 aromatic heterocycles. The molecular formula is C28H32ClN5O5. The van der Waals surface area contributed by atoms with Crippen LogP contribution in [-0.4, -0.2) is 76.3 Å². The molecule has 3 aromatic rings. The van der Waals surface area contributed by atoms with Gasteiger partial charge in [0.15, 0.2) is 0 Å². The van der Waals surface area contributed by atoms with Crippen LogP contribution in [0.1, 0.15) is 47.0 Å². The standard InChI is InChI=1S/C28H32ClN5O5/c29-23-16-21(38-15-14-35)8-9-22(23)28(37)34-19-27(36)33(17-20-6-2-3-7-24(20)34)18-26-31-30-25(39-26)10-13-32-11-4-1-5-12-32/h2-3,6-9,16,35H,1,4-5,10-15,17-19H2. The third-order valence-corrected chi connectivity index (χ3v) is 7.30. The van der Waals surface area contributed by atoms with Gasteiger partial charge in [-0.25, -0.2) is 0 Å². The molecule has 0 aliphatic carbocycles. The fourth-order valence-corrected chi connectivity index (χ4v) is 5.22. The van der Waals surface area contributed by atoms with E-state index in [2.05, 4.69) is 15.1 Å². The van der Waals surface area contributed by atoms with E-state index in [0.29, 0.717) is 36.2 Å². The molecule has 2 aliphatic rings. The summed E-state index contributed by atoms with van der Waals surface area (Å²) in [5.74, 6) is 0.742. The number of aliphatic hydroxyl groups excluding tert-OH is 1. The van der Waals surface area contributed by atoms with E-state index >= 15 is 0 Å². The van der Waals surface area contributed by atoms with Crippen molar-refractivity contribution in [1.82, 2.24) is 20.0 Å². The van der Waals surface area contributed by atoms with E-state index in [4.69, 9.17) is 25.9 Å². The molecule has 1 saturated heterocycles. The number of likely N-dealkylation sites (tertiary alicyclic amines) is 1. The van der Waals surface area contributed by atoms with Crippen LogP contribution in [0.15, 0.2) is 46.9 Å². The molecule has 2 aromatic carbocycles. The molecule has 0 bridgehead atoms. The second-order valence-corrected chi connectivity index (χ2v) is 10.1. The summed E-state index contributed by atoms with van der Waals surface area (Å²) < 4.78 is 11.3. The van der Waals surface area contributed by atoms with Gasteiger partial charge in [0.2, 0.25) is 17.7 Å². The Hall–Kier alpha value is -3.47. The lowest BCUT2D eigenvalue weighted by Crippen LogP contribution is -2.40. The predicted molar refractivity (Wildman–Crippen MR) is 145 cm³/mol. The maximum atomic E-state index is 13.6. The summed E-state index contributed by atoms with van der Waals surface area (Å²) in [4.78, 5) is 32.5. The van der Waals surface area contributed by atoms with Gasteiger partial charge in [0, 0.05) is 25.2 Å². The summed E-state index contributed by atoms with van der Waals surface area (Å²) >= 11 is 6.42. The highest BCUT2D eigenvalue weighted by Crippen LogP contribution is 2.30. The minimum Gasteiger partial charge on any atom is -0.491 e. The molecule has 0 unspecified atom stereocenters. The van der Waals surface area contributed by atoms with Crippen molar-refractivity contribution in [2.45, 2.75) is 38.8 Å². The molecule has 0 spiro atoms. The minimum absolute atomic E-state index is 0.118. The first-order valence-corrected chi connectivity index (χ1v) is 13.6. The van der Waals surface area contributed by atoms with Crippen molar-refractivity contribution in [3.8, 4) is 5.75 Å². The Morgan fingerprint density at radius 1 is 1.05 bits per heavy atom. The number of amides is 2. The van der Waals surface area contributed by atoms with Crippen molar-refractivity contribution in [3.05, 3.63) is 70.4 Å². The van der Waals surface area contributed by atoms with Gasteiger partial charge in [-0.15, -0.1) is 10.2 Å². The first-order valence-electron chi connectivity index (χ1n) is 13.3. The fourth-order valence-electron chi connectivity index (χ4n) is 4.97. The molecule has 0 radical (unpaired) electrons. The van der Waals surface area contributed by atoms with Crippen LogP contribution in [0.4, 0.5) is 5.69 Å². The maximum absolute atomic E-state index is 13.6. The van der Waals surface area contributed by atoms with E-state index in [1.165, 1.54) is 30.2 Å². The average Bonchev–Trinajstić information content (AvgIpc) is 3.35. The summed E-state index contributed by atoms with van der Waals surface area (Å²) in [6.45, 7) is 3.36. The fraction of sp³-hybridized carbons (Fsp3) is 0.429. The number of rotatable bonds is 9. The van der Waals surface area contributed by atoms with Crippen LogP contribution in [0, 0.1) is 0 Å². The van der Waals surface area contributed by atoms with E-state index in [-0.39, 0.29) is 42.8 Å². The number of anilines is 1. The smallest absolute Gasteiger partial charge is 0.260 e. The zero-order chi connectivity index (χ0) is 27.2. The average molecular weight is 554 g/mol. The van der Waals surface area contributed by atoms with Gasteiger partial charge >= 0.3 is 0 Å². The Kier molecular flexibility index (Phi) is 8.75. The first kappa shape index (κ1) is 27.1. The molecule has 0 saturated carbocycles. The van der Waals surface area contributed by atoms with Gasteiger partial charge in [-0.3, -0.25) is 14.5 Å². The van der Waals surface area contributed by atoms with E-state index in [1.54, 1.807) is 17.0 Å². The molecule has 39 heavy (non-hydrogen) atoms. The Morgan fingerprint density at radius 3 is 2.64 bits per heavy atom. The molecule has 2 aliphatic heterocycles. The van der Waals surface area contributed by atoms with Crippen molar-refractivity contribution in [1.29, 1.82) is 0 Å². The molecule has 11 heteroatoms. The number of benzene rings is 2. The van der Waals surface area contributed by atoms with Gasteiger partial charge in [-0.1, -0.05) is 36.2 Å². The second-order valence-electron chi connectivity index (χ2n) is 9.73. The zero-order valence-electron chi connectivity index (χ0n) is 21.7. The lowest BCUT2D eigenvalue weighted by molar-refractivity contribution is -0.131. The summed E-state index contributed by atoms with van der Waals surface area (Å²) in [5.41, 5.74) is 1.71. The largest absolute Gasteiger partial charge is 0.491 e. The minimum atomic E-state index is -0.394. The van der Waals surface area contributed by atoms with E-state index < -0.39 is 5.91 Å². The van der Waals surface area contributed by atoms with Crippen molar-refractivity contribution >= 4 is 29.1 Å². The molecule has 3 heterocycles. The molecule has 0 atom stereocenters. The molecule has 1 fully saturated rings. The highest BCUT2D eigenvalue weighted by Gasteiger charge is 2.31. The van der Waals surface area contributed by atoms with Crippen LogP contribution in [0.5, 0.6) is 5.75 Å². The number of piperidine rings is 1. The molecule has 2 amide bonds. The first-order chi connectivity index (χ1) is 19.0. The Bertz CT molecular complexity index is 1310. The lowest BCUT2D eigenvalue weighted by atomic mass is 10.1. The van der Waals surface area contributed by atoms with Crippen LogP contribution in [0.3, 0.4) is 0 Å². The number of hydrogen-bond donors (Lipinski definition) is 1. The topological polar surface area (TPSA) is 112 Å². The van der Waals surface area contributed by atoms with Crippen LogP contribution in [0.25, 0.3) is 0 Å². The lowest BCUT2D eigenvalue weighted by Gasteiger charge is -2.25. The predicted octanol–water partition coefficient (Wildman–Crippen LogP) is 3.31. The number of fused-ring (bicyclic) bond motifs is 1. The number of carbonyl (C=O) groups is 2. The molecule has 10 nitrogen and oxygen atoms in total. The van der Waals surface area contributed by atoms with Gasteiger partial charge in [0.25, 0.3) is 5.91 Å². The van der Waals surface area contributed by atoms with Crippen LogP contribution < -0.4 is 9.64 Å². The zero-order valence-corrected chi connectivity index (χ0v) is 22.5. The highest BCUT2D eigenvalue weighted by atomic mass is 35.5. The third-order valence-electron chi connectivity index (χ3n) is 6.99. The summed E-state index contributed by atoms with van der Waals surface area (Å²) in [7, 11) is 0. The normalized spacial score (nSPS) is 16.2. The number of para-hydroxylation sites is 1. The summed E-state index contributed by atoms with van der Waals surface area (Å²) in [6.07, 6.45) is 4.42. The Balaban J connectivity index is 1.30. The molecular weight excluding hydrogens is 522 g/mol. The monoisotopic (exact) mass is 553 g/mol. The Morgan fingerprint density at radius 2 is 1.85 bits per heavy atom. The van der Waals surface area contributed by atoms with Gasteiger partial charge in [-0.05, 0) is 55.8 Å². The van der Waals surface area contributed by atoms with E-state index in [9.17, 15) is 9.59 Å². The van der Waals surface area contributed by atoms with Crippen LogP contribution in [-0.2, 0) is 24.3 Å². The van der Waals surface area contributed by atoms with Crippen molar-refractivity contribution in [2.75, 3.05) is 44.3 Å². The van der Waals surface area contributed by atoms with Gasteiger partial charge in [-0.2, -0.15) is 0 Å².